The van der Waals surface area contributed by atoms with Gasteiger partial charge in [-0.2, -0.15) is 0 Å². The number of hydrogen-bond acceptors (Lipinski definition) is 4. The third-order valence-electron chi connectivity index (χ3n) is 6.20. The lowest BCUT2D eigenvalue weighted by atomic mass is 10.00. The Morgan fingerprint density at radius 2 is 2.07 bits per heavy atom. The molecule has 1 aliphatic carbocycles. The Balaban J connectivity index is 1.73. The minimum atomic E-state index is -0.387. The van der Waals surface area contributed by atoms with E-state index in [9.17, 15) is 9.90 Å². The van der Waals surface area contributed by atoms with Crippen molar-refractivity contribution in [1.82, 2.24) is 19.8 Å². The number of carbonyl (C=O) groups is 1. The quantitative estimate of drug-likeness (QED) is 0.815. The third-order valence-corrected chi connectivity index (χ3v) is 6.20. The molecule has 0 bridgehead atoms. The van der Waals surface area contributed by atoms with Crippen molar-refractivity contribution in [3.05, 3.63) is 42.4 Å². The lowest BCUT2D eigenvalue weighted by Gasteiger charge is -2.37. The van der Waals surface area contributed by atoms with Crippen molar-refractivity contribution in [2.75, 3.05) is 19.6 Å². The summed E-state index contributed by atoms with van der Waals surface area (Å²) in [7, 11) is 0. The van der Waals surface area contributed by atoms with Crippen LogP contribution in [-0.4, -0.2) is 57.2 Å². The second kappa shape index (κ2) is 8.67. The van der Waals surface area contributed by atoms with E-state index in [0.717, 1.165) is 50.0 Å². The van der Waals surface area contributed by atoms with Gasteiger partial charge in [0.1, 0.15) is 0 Å². The number of rotatable bonds is 5. The number of aliphatic hydroxyl groups is 1. The van der Waals surface area contributed by atoms with Crippen LogP contribution in [0, 0.1) is 5.92 Å². The molecule has 2 N–H and O–H groups in total. The second-order valence-corrected chi connectivity index (χ2v) is 8.77. The molecule has 1 saturated heterocycles. The van der Waals surface area contributed by atoms with Gasteiger partial charge in [0.2, 0.25) is 0 Å². The molecule has 2 aliphatic rings. The number of aliphatic hydroxyl groups excluding tert-OH is 1. The van der Waals surface area contributed by atoms with E-state index in [1.807, 2.05) is 39.8 Å². The van der Waals surface area contributed by atoms with Crippen molar-refractivity contribution in [2.45, 2.75) is 57.7 Å². The van der Waals surface area contributed by atoms with Gasteiger partial charge in [0.05, 0.1) is 24.2 Å². The predicted molar refractivity (Wildman–Crippen MR) is 114 cm³/mol. The molecule has 29 heavy (non-hydrogen) atoms. The van der Waals surface area contributed by atoms with Crippen molar-refractivity contribution in [2.24, 2.45) is 5.92 Å². The van der Waals surface area contributed by atoms with Crippen molar-refractivity contribution in [1.29, 1.82) is 0 Å². The van der Waals surface area contributed by atoms with Crippen LogP contribution in [0.4, 0.5) is 0 Å². The summed E-state index contributed by atoms with van der Waals surface area (Å²) in [6.07, 6.45) is 5.05. The van der Waals surface area contributed by atoms with E-state index in [0.29, 0.717) is 18.2 Å². The third kappa shape index (κ3) is 4.09. The van der Waals surface area contributed by atoms with Crippen LogP contribution in [0.1, 0.15) is 56.1 Å². The lowest BCUT2D eigenvalue weighted by Crippen LogP contribution is -2.54. The zero-order valence-corrected chi connectivity index (χ0v) is 17.4. The van der Waals surface area contributed by atoms with Crippen molar-refractivity contribution < 1.29 is 9.90 Å². The van der Waals surface area contributed by atoms with Gasteiger partial charge in [0.25, 0.3) is 5.91 Å². The first-order valence-electron chi connectivity index (χ1n) is 10.9. The average molecular weight is 397 g/mol. The molecule has 156 valence electrons. The predicted octanol–water partition coefficient (Wildman–Crippen LogP) is 3.10. The maximum atomic E-state index is 13.7. The zero-order valence-electron chi connectivity index (χ0n) is 17.4. The first-order chi connectivity index (χ1) is 14.1. The Bertz CT molecular complexity index is 833. The molecule has 0 spiro atoms. The summed E-state index contributed by atoms with van der Waals surface area (Å²) in [6.45, 7) is 6.73. The van der Waals surface area contributed by atoms with E-state index in [1.54, 1.807) is 6.33 Å². The van der Waals surface area contributed by atoms with Crippen LogP contribution in [0.5, 0.6) is 0 Å². The SMILES string of the molecule is CC(C)C[C@@H]1CNCCN1C(=O)c1ncn([C@@H]2CCC[C@H]2O)c1-c1ccccc1. The second-order valence-electron chi connectivity index (χ2n) is 8.77. The molecule has 0 unspecified atom stereocenters. The first-order valence-corrected chi connectivity index (χ1v) is 10.9. The van der Waals surface area contributed by atoms with Crippen LogP contribution >= 0.6 is 0 Å². The van der Waals surface area contributed by atoms with Crippen LogP contribution in [0.25, 0.3) is 11.3 Å². The van der Waals surface area contributed by atoms with Gasteiger partial charge in [-0.15, -0.1) is 0 Å². The Labute approximate surface area is 172 Å². The highest BCUT2D eigenvalue weighted by molar-refractivity contribution is 5.98. The normalized spacial score (nSPS) is 25.0. The number of benzene rings is 1. The molecule has 1 aromatic carbocycles. The van der Waals surface area contributed by atoms with Crippen molar-refractivity contribution in [3.63, 3.8) is 0 Å². The number of carbonyl (C=O) groups excluding carboxylic acids is 1. The van der Waals surface area contributed by atoms with Gasteiger partial charge in [-0.1, -0.05) is 44.2 Å². The van der Waals surface area contributed by atoms with Crippen molar-refractivity contribution in [3.8, 4) is 11.3 Å². The summed E-state index contributed by atoms with van der Waals surface area (Å²) in [6, 6.07) is 10.2. The van der Waals surface area contributed by atoms with E-state index in [-0.39, 0.29) is 24.1 Å². The average Bonchev–Trinajstić information content (AvgIpc) is 3.34. The minimum Gasteiger partial charge on any atom is -0.391 e. The lowest BCUT2D eigenvalue weighted by molar-refractivity contribution is 0.0605. The van der Waals surface area contributed by atoms with Gasteiger partial charge in [-0.25, -0.2) is 4.98 Å². The van der Waals surface area contributed by atoms with Gasteiger partial charge in [-0.3, -0.25) is 4.79 Å². The Morgan fingerprint density at radius 1 is 1.28 bits per heavy atom. The fraction of sp³-hybridized carbons (Fsp3) is 0.565. The summed E-state index contributed by atoms with van der Waals surface area (Å²) in [4.78, 5) is 20.3. The number of imidazole rings is 1. The molecule has 6 nitrogen and oxygen atoms in total. The highest BCUT2D eigenvalue weighted by Gasteiger charge is 2.34. The molecular formula is C23H32N4O2. The topological polar surface area (TPSA) is 70.4 Å². The largest absolute Gasteiger partial charge is 0.391 e. The molecule has 1 saturated carbocycles. The molecular weight excluding hydrogens is 364 g/mol. The Morgan fingerprint density at radius 3 is 2.76 bits per heavy atom. The molecule has 2 fully saturated rings. The van der Waals surface area contributed by atoms with Crippen LogP contribution in [-0.2, 0) is 0 Å². The van der Waals surface area contributed by atoms with Crippen LogP contribution in [0.15, 0.2) is 36.7 Å². The molecule has 1 aliphatic heterocycles. The van der Waals surface area contributed by atoms with Gasteiger partial charge < -0.3 is 19.9 Å². The van der Waals surface area contributed by atoms with Crippen LogP contribution < -0.4 is 5.32 Å². The van der Waals surface area contributed by atoms with E-state index in [4.69, 9.17) is 0 Å². The number of aromatic nitrogens is 2. The minimum absolute atomic E-state index is 0.00207. The highest BCUT2D eigenvalue weighted by atomic mass is 16.3. The first kappa shape index (κ1) is 20.1. The molecule has 1 aromatic heterocycles. The van der Waals surface area contributed by atoms with Gasteiger partial charge in [-0.05, 0) is 31.6 Å². The smallest absolute Gasteiger partial charge is 0.275 e. The summed E-state index contributed by atoms with van der Waals surface area (Å²) in [5.41, 5.74) is 2.32. The molecule has 3 atom stereocenters. The Hall–Kier alpha value is -2.18. The van der Waals surface area contributed by atoms with Crippen LogP contribution in [0.3, 0.4) is 0 Å². The molecule has 2 heterocycles. The maximum Gasteiger partial charge on any atom is 0.275 e. The summed E-state index contributed by atoms with van der Waals surface area (Å²) < 4.78 is 2.04. The fourth-order valence-electron chi connectivity index (χ4n) is 4.82. The van der Waals surface area contributed by atoms with Gasteiger partial charge >= 0.3 is 0 Å². The van der Waals surface area contributed by atoms with E-state index in [2.05, 4.69) is 24.1 Å². The van der Waals surface area contributed by atoms with Gasteiger partial charge in [0, 0.05) is 31.2 Å². The standard InChI is InChI=1S/C23H32N4O2/c1-16(2)13-18-14-24-11-12-26(18)23(29)21-22(17-7-4-3-5-8-17)27(15-25-21)19-9-6-10-20(19)28/h3-5,7-8,15-16,18-20,24,28H,6,9-14H2,1-2H3/t18-,19-,20-/m1/s1. The molecule has 4 rings (SSSR count). The number of hydrogen-bond donors (Lipinski definition) is 2. The van der Waals surface area contributed by atoms with Crippen molar-refractivity contribution >= 4 is 5.91 Å². The number of nitrogens with zero attached hydrogens (tertiary/aromatic N) is 3. The summed E-state index contributed by atoms with van der Waals surface area (Å²) >= 11 is 0. The maximum absolute atomic E-state index is 13.7. The molecule has 6 heteroatoms. The van der Waals surface area contributed by atoms with E-state index in [1.165, 1.54) is 0 Å². The zero-order chi connectivity index (χ0) is 20.4. The highest BCUT2D eigenvalue weighted by Crippen LogP contribution is 2.36. The number of nitrogens with one attached hydrogen (secondary N) is 1. The molecule has 0 radical (unpaired) electrons. The monoisotopic (exact) mass is 396 g/mol. The fourth-order valence-corrected chi connectivity index (χ4v) is 4.82. The summed E-state index contributed by atoms with van der Waals surface area (Å²) in [5, 5.41) is 13.9. The molecule has 2 aromatic rings. The molecule has 1 amide bonds. The van der Waals surface area contributed by atoms with E-state index >= 15 is 0 Å². The number of piperazine rings is 1. The number of amides is 1. The van der Waals surface area contributed by atoms with Gasteiger partial charge in [0.15, 0.2) is 5.69 Å². The Kier molecular flexibility index (Phi) is 6.01. The van der Waals surface area contributed by atoms with E-state index < -0.39 is 0 Å². The van der Waals surface area contributed by atoms with Crippen LogP contribution in [0.2, 0.25) is 0 Å². The summed E-state index contributed by atoms with van der Waals surface area (Å²) in [5.74, 6) is 0.525.